The summed E-state index contributed by atoms with van der Waals surface area (Å²) in [6, 6.07) is 20.9. The van der Waals surface area contributed by atoms with Crippen LogP contribution < -0.4 is 9.47 Å². The van der Waals surface area contributed by atoms with Gasteiger partial charge in [0.1, 0.15) is 0 Å². The second kappa shape index (κ2) is 7.80. The molecule has 0 bridgehead atoms. The molecule has 162 valence electrons. The lowest BCUT2D eigenvalue weighted by atomic mass is 9.97. The van der Waals surface area contributed by atoms with Crippen LogP contribution in [0.1, 0.15) is 33.9 Å². The van der Waals surface area contributed by atoms with Crippen LogP contribution >= 0.6 is 0 Å². The molecule has 3 aromatic rings. The van der Waals surface area contributed by atoms with Gasteiger partial charge in [-0.25, -0.2) is 13.4 Å². The minimum absolute atomic E-state index is 0.163. The first-order valence-corrected chi connectivity index (χ1v) is 12.0. The van der Waals surface area contributed by atoms with E-state index in [1.807, 2.05) is 48.5 Å². The fourth-order valence-electron chi connectivity index (χ4n) is 3.86. The number of hydrazone groups is 1. The highest BCUT2D eigenvalue weighted by molar-refractivity contribution is 7.90. The van der Waals surface area contributed by atoms with E-state index in [9.17, 15) is 13.2 Å². The quantitative estimate of drug-likeness (QED) is 0.606. The van der Waals surface area contributed by atoms with Gasteiger partial charge in [0.05, 0.1) is 16.6 Å². The Kier molecular flexibility index (Phi) is 4.94. The van der Waals surface area contributed by atoms with E-state index in [1.54, 1.807) is 0 Å². The van der Waals surface area contributed by atoms with Crippen molar-refractivity contribution in [2.45, 2.75) is 17.4 Å². The Morgan fingerprint density at radius 1 is 0.969 bits per heavy atom. The number of benzene rings is 3. The summed E-state index contributed by atoms with van der Waals surface area (Å²) in [5.74, 6) is 1.00. The van der Waals surface area contributed by atoms with Gasteiger partial charge in [-0.1, -0.05) is 36.4 Å². The van der Waals surface area contributed by atoms with Crippen molar-refractivity contribution in [2.75, 3.05) is 13.0 Å². The molecule has 0 saturated carbocycles. The summed E-state index contributed by atoms with van der Waals surface area (Å²) in [7, 11) is -3.35. The van der Waals surface area contributed by atoms with Gasteiger partial charge in [-0.05, 0) is 47.5 Å². The molecule has 2 heterocycles. The minimum Gasteiger partial charge on any atom is -0.454 e. The van der Waals surface area contributed by atoms with Crippen LogP contribution in [-0.2, 0) is 9.84 Å². The van der Waals surface area contributed by atoms with Gasteiger partial charge in [0.2, 0.25) is 6.79 Å². The van der Waals surface area contributed by atoms with Crippen LogP contribution in [0.2, 0.25) is 0 Å². The summed E-state index contributed by atoms with van der Waals surface area (Å²) < 4.78 is 34.4. The number of amides is 1. The van der Waals surface area contributed by atoms with Gasteiger partial charge in [0.25, 0.3) is 5.91 Å². The summed E-state index contributed by atoms with van der Waals surface area (Å²) in [5, 5.41) is 6.13. The average molecular weight is 449 g/mol. The number of rotatable bonds is 4. The van der Waals surface area contributed by atoms with E-state index in [1.165, 1.54) is 29.3 Å². The molecule has 1 atom stereocenters. The number of carbonyl (C=O) groups is 1. The molecule has 0 saturated heterocycles. The Morgan fingerprint density at radius 2 is 1.69 bits per heavy atom. The van der Waals surface area contributed by atoms with Crippen molar-refractivity contribution in [1.82, 2.24) is 5.01 Å². The van der Waals surface area contributed by atoms with E-state index < -0.39 is 9.84 Å². The number of sulfone groups is 1. The summed E-state index contributed by atoms with van der Waals surface area (Å²) in [5.41, 5.74) is 2.99. The Morgan fingerprint density at radius 3 is 2.41 bits per heavy atom. The molecule has 0 N–H and O–H groups in total. The Labute approximate surface area is 185 Å². The molecule has 32 heavy (non-hydrogen) atoms. The average Bonchev–Trinajstić information content (AvgIpc) is 3.45. The van der Waals surface area contributed by atoms with E-state index in [-0.39, 0.29) is 23.6 Å². The van der Waals surface area contributed by atoms with Gasteiger partial charge >= 0.3 is 0 Å². The van der Waals surface area contributed by atoms with Crippen molar-refractivity contribution in [2.24, 2.45) is 5.10 Å². The van der Waals surface area contributed by atoms with Crippen LogP contribution in [0.25, 0.3) is 0 Å². The Hall–Kier alpha value is -3.65. The van der Waals surface area contributed by atoms with Crippen molar-refractivity contribution in [3.05, 3.63) is 89.5 Å². The SMILES string of the molecule is CS(=O)(=O)c1ccc(C(=O)N2N=C(c3ccccc3)CC2c2ccc3c(c2)OCO3)cc1. The lowest BCUT2D eigenvalue weighted by Crippen LogP contribution is -2.27. The van der Waals surface area contributed by atoms with Crippen LogP contribution in [0.5, 0.6) is 11.5 Å². The normalized spacial score (nSPS) is 17.3. The van der Waals surface area contributed by atoms with Gasteiger partial charge in [-0.15, -0.1) is 0 Å². The molecule has 1 unspecified atom stereocenters. The van der Waals surface area contributed by atoms with Gasteiger partial charge in [0.15, 0.2) is 21.3 Å². The third-order valence-corrected chi connectivity index (χ3v) is 6.66. The molecule has 0 radical (unpaired) electrons. The number of hydrogen-bond donors (Lipinski definition) is 0. The van der Waals surface area contributed by atoms with Gasteiger partial charge in [-0.3, -0.25) is 4.79 Å². The second-order valence-corrected chi connectivity index (χ2v) is 9.71. The molecule has 8 heteroatoms. The fraction of sp³-hybridized carbons (Fsp3) is 0.167. The topological polar surface area (TPSA) is 85.3 Å². The molecule has 2 aliphatic rings. The van der Waals surface area contributed by atoms with Crippen molar-refractivity contribution in [3.63, 3.8) is 0 Å². The molecular weight excluding hydrogens is 428 g/mol. The summed E-state index contributed by atoms with van der Waals surface area (Å²) >= 11 is 0. The first-order valence-electron chi connectivity index (χ1n) is 10.1. The van der Waals surface area contributed by atoms with E-state index >= 15 is 0 Å². The maximum Gasteiger partial charge on any atom is 0.274 e. The first-order chi connectivity index (χ1) is 15.4. The standard InChI is InChI=1S/C24H20N2O5S/c1-32(28,29)19-10-7-17(8-11-19)24(27)26-21(14-20(25-26)16-5-3-2-4-6-16)18-9-12-22-23(13-18)31-15-30-22/h2-13,21H,14-15H2,1H3. The van der Waals surface area contributed by atoms with Crippen molar-refractivity contribution in [1.29, 1.82) is 0 Å². The van der Waals surface area contributed by atoms with Gasteiger partial charge < -0.3 is 9.47 Å². The van der Waals surface area contributed by atoms with Crippen molar-refractivity contribution >= 4 is 21.5 Å². The predicted octanol–water partition coefficient (Wildman–Crippen LogP) is 3.81. The molecule has 0 aromatic heterocycles. The molecular formula is C24H20N2O5S. The number of carbonyl (C=O) groups excluding carboxylic acids is 1. The lowest BCUT2D eigenvalue weighted by Gasteiger charge is -2.22. The summed E-state index contributed by atoms with van der Waals surface area (Å²) in [4.78, 5) is 13.6. The van der Waals surface area contributed by atoms with Crippen molar-refractivity contribution < 1.29 is 22.7 Å². The highest BCUT2D eigenvalue weighted by Crippen LogP contribution is 2.39. The van der Waals surface area contributed by atoms with E-state index in [4.69, 9.17) is 9.47 Å². The van der Waals surface area contributed by atoms with Crippen LogP contribution in [0.15, 0.2) is 82.8 Å². The third kappa shape index (κ3) is 3.73. The zero-order valence-electron chi connectivity index (χ0n) is 17.3. The largest absolute Gasteiger partial charge is 0.454 e. The number of hydrogen-bond acceptors (Lipinski definition) is 6. The predicted molar refractivity (Wildman–Crippen MR) is 119 cm³/mol. The summed E-state index contributed by atoms with van der Waals surface area (Å²) in [6.45, 7) is 0.171. The maximum atomic E-state index is 13.4. The zero-order valence-corrected chi connectivity index (χ0v) is 18.1. The molecule has 5 rings (SSSR count). The zero-order chi connectivity index (χ0) is 22.3. The van der Waals surface area contributed by atoms with E-state index in [0.717, 1.165) is 23.1 Å². The molecule has 7 nitrogen and oxygen atoms in total. The number of fused-ring (bicyclic) bond motifs is 1. The fourth-order valence-corrected chi connectivity index (χ4v) is 4.49. The van der Waals surface area contributed by atoms with Crippen LogP contribution in [0.4, 0.5) is 0 Å². The molecule has 3 aromatic carbocycles. The maximum absolute atomic E-state index is 13.4. The summed E-state index contributed by atoms with van der Waals surface area (Å²) in [6.07, 6.45) is 1.67. The van der Waals surface area contributed by atoms with Crippen LogP contribution in [0, 0.1) is 0 Å². The van der Waals surface area contributed by atoms with Gasteiger partial charge in [-0.2, -0.15) is 5.10 Å². The van der Waals surface area contributed by atoms with Gasteiger partial charge in [0, 0.05) is 18.2 Å². The molecule has 0 fully saturated rings. The second-order valence-electron chi connectivity index (χ2n) is 7.69. The van der Waals surface area contributed by atoms with Crippen LogP contribution in [0.3, 0.4) is 0 Å². The number of ether oxygens (including phenoxy) is 2. The lowest BCUT2D eigenvalue weighted by molar-refractivity contribution is 0.0711. The third-order valence-electron chi connectivity index (χ3n) is 5.54. The highest BCUT2D eigenvalue weighted by Gasteiger charge is 2.34. The smallest absolute Gasteiger partial charge is 0.274 e. The van der Waals surface area contributed by atoms with E-state index in [2.05, 4.69) is 5.10 Å². The molecule has 1 amide bonds. The highest BCUT2D eigenvalue weighted by atomic mass is 32.2. The van der Waals surface area contributed by atoms with E-state index in [0.29, 0.717) is 23.5 Å². The van der Waals surface area contributed by atoms with Crippen molar-refractivity contribution in [3.8, 4) is 11.5 Å². The Bertz CT molecular complexity index is 1320. The minimum atomic E-state index is -3.35. The van der Waals surface area contributed by atoms with Crippen LogP contribution in [-0.4, -0.2) is 38.1 Å². The number of nitrogens with zero attached hydrogens (tertiary/aromatic N) is 2. The molecule has 0 aliphatic carbocycles. The Balaban J connectivity index is 1.52. The monoisotopic (exact) mass is 448 g/mol. The first kappa shape index (κ1) is 20.3. The molecule has 0 spiro atoms. The molecule has 2 aliphatic heterocycles.